The number of hydrogen-bond acceptors (Lipinski definition) is 3. The SMILES string of the molecule is Cc1ccc2nc(C3CCN(c4nc5ccccc5[nH]4)CC3)[nH]c2c1. The molecule has 0 atom stereocenters. The van der Waals surface area contributed by atoms with Crippen molar-refractivity contribution >= 4 is 28.0 Å². The first-order chi connectivity index (χ1) is 12.3. The number of benzene rings is 2. The standard InChI is InChI=1S/C20H21N5/c1-13-6-7-17-18(12-13)22-19(21-17)14-8-10-25(11-9-14)20-23-15-4-2-3-5-16(15)24-20/h2-7,12,14H,8-11H2,1H3,(H,21,22)(H,23,24). The minimum Gasteiger partial charge on any atom is -0.342 e. The van der Waals surface area contributed by atoms with Gasteiger partial charge in [0.2, 0.25) is 5.95 Å². The fourth-order valence-corrected chi connectivity index (χ4v) is 3.79. The molecule has 1 fully saturated rings. The molecule has 1 aliphatic rings. The van der Waals surface area contributed by atoms with Crippen molar-refractivity contribution in [1.82, 2.24) is 19.9 Å². The lowest BCUT2D eigenvalue weighted by Gasteiger charge is -2.30. The van der Waals surface area contributed by atoms with Gasteiger partial charge in [0.1, 0.15) is 5.82 Å². The maximum Gasteiger partial charge on any atom is 0.203 e. The summed E-state index contributed by atoms with van der Waals surface area (Å²) in [5, 5.41) is 0. The van der Waals surface area contributed by atoms with Crippen molar-refractivity contribution in [1.29, 1.82) is 0 Å². The van der Waals surface area contributed by atoms with Gasteiger partial charge in [-0.1, -0.05) is 18.2 Å². The van der Waals surface area contributed by atoms with Crippen LogP contribution in [-0.2, 0) is 0 Å². The van der Waals surface area contributed by atoms with Gasteiger partial charge < -0.3 is 14.9 Å². The molecule has 2 N–H and O–H groups in total. The number of imidazole rings is 2. The average Bonchev–Trinajstić information content (AvgIpc) is 3.25. The van der Waals surface area contributed by atoms with Gasteiger partial charge in [0, 0.05) is 19.0 Å². The first-order valence-corrected chi connectivity index (χ1v) is 8.92. The highest BCUT2D eigenvalue weighted by Gasteiger charge is 2.24. The quantitative estimate of drug-likeness (QED) is 0.580. The van der Waals surface area contributed by atoms with Crippen molar-refractivity contribution < 1.29 is 0 Å². The molecule has 0 radical (unpaired) electrons. The second kappa shape index (κ2) is 5.62. The molecule has 1 aliphatic heterocycles. The number of nitrogens with one attached hydrogen (secondary N) is 2. The number of nitrogens with zero attached hydrogens (tertiary/aromatic N) is 3. The van der Waals surface area contributed by atoms with Gasteiger partial charge >= 0.3 is 0 Å². The summed E-state index contributed by atoms with van der Waals surface area (Å²) in [6, 6.07) is 14.6. The number of anilines is 1. The Morgan fingerprint density at radius 1 is 0.920 bits per heavy atom. The second-order valence-electron chi connectivity index (χ2n) is 6.98. The number of aryl methyl sites for hydroxylation is 1. The summed E-state index contributed by atoms with van der Waals surface area (Å²) in [6.07, 6.45) is 2.19. The lowest BCUT2D eigenvalue weighted by Crippen LogP contribution is -2.33. The maximum atomic E-state index is 4.81. The highest BCUT2D eigenvalue weighted by Crippen LogP contribution is 2.30. The van der Waals surface area contributed by atoms with Crippen LogP contribution in [0.25, 0.3) is 22.1 Å². The van der Waals surface area contributed by atoms with Gasteiger partial charge in [0.25, 0.3) is 0 Å². The van der Waals surface area contributed by atoms with E-state index in [1.54, 1.807) is 0 Å². The fraction of sp³-hybridized carbons (Fsp3) is 0.300. The van der Waals surface area contributed by atoms with Gasteiger partial charge in [0.05, 0.1) is 22.1 Å². The molecule has 25 heavy (non-hydrogen) atoms. The molecule has 3 heterocycles. The number of hydrogen-bond donors (Lipinski definition) is 2. The van der Waals surface area contributed by atoms with E-state index in [2.05, 4.69) is 52.1 Å². The van der Waals surface area contributed by atoms with Crippen LogP contribution < -0.4 is 4.90 Å². The Morgan fingerprint density at radius 2 is 1.72 bits per heavy atom. The van der Waals surface area contributed by atoms with Gasteiger partial charge in [-0.25, -0.2) is 9.97 Å². The largest absolute Gasteiger partial charge is 0.342 e. The smallest absolute Gasteiger partial charge is 0.203 e. The van der Waals surface area contributed by atoms with E-state index in [-0.39, 0.29) is 0 Å². The Morgan fingerprint density at radius 3 is 2.56 bits per heavy atom. The van der Waals surface area contributed by atoms with Gasteiger partial charge in [-0.15, -0.1) is 0 Å². The van der Waals surface area contributed by atoms with Crippen LogP contribution >= 0.6 is 0 Å². The number of piperidine rings is 1. The Labute approximate surface area is 146 Å². The van der Waals surface area contributed by atoms with Crippen LogP contribution in [0.1, 0.15) is 30.1 Å². The summed E-state index contributed by atoms with van der Waals surface area (Å²) in [4.78, 5) is 18.9. The van der Waals surface area contributed by atoms with Crippen molar-refractivity contribution in [3.8, 4) is 0 Å². The van der Waals surface area contributed by atoms with E-state index in [9.17, 15) is 0 Å². The van der Waals surface area contributed by atoms with E-state index in [0.29, 0.717) is 5.92 Å². The van der Waals surface area contributed by atoms with Crippen LogP contribution in [0.3, 0.4) is 0 Å². The lowest BCUT2D eigenvalue weighted by atomic mass is 9.96. The van der Waals surface area contributed by atoms with Gasteiger partial charge in [-0.05, 0) is 49.6 Å². The van der Waals surface area contributed by atoms with Crippen LogP contribution in [0.15, 0.2) is 42.5 Å². The lowest BCUT2D eigenvalue weighted by molar-refractivity contribution is 0.485. The van der Waals surface area contributed by atoms with Gasteiger partial charge in [-0.2, -0.15) is 0 Å². The molecule has 5 heteroatoms. The van der Waals surface area contributed by atoms with E-state index in [1.807, 2.05) is 12.1 Å². The minimum atomic E-state index is 0.494. The Bertz CT molecular complexity index is 1000. The van der Waals surface area contributed by atoms with Crippen molar-refractivity contribution in [3.63, 3.8) is 0 Å². The first kappa shape index (κ1) is 14.5. The van der Waals surface area contributed by atoms with Gasteiger partial charge in [-0.3, -0.25) is 0 Å². The molecular formula is C20H21N5. The highest BCUT2D eigenvalue weighted by molar-refractivity contribution is 5.77. The van der Waals surface area contributed by atoms with Crippen LogP contribution in [-0.4, -0.2) is 33.0 Å². The third kappa shape index (κ3) is 2.56. The summed E-state index contributed by atoms with van der Waals surface area (Å²) in [6.45, 7) is 4.12. The van der Waals surface area contributed by atoms with Crippen molar-refractivity contribution in [3.05, 3.63) is 53.9 Å². The number of aromatic amines is 2. The van der Waals surface area contributed by atoms with Crippen molar-refractivity contribution in [2.24, 2.45) is 0 Å². The monoisotopic (exact) mass is 331 g/mol. The number of para-hydroxylation sites is 2. The third-order valence-electron chi connectivity index (χ3n) is 5.21. The zero-order chi connectivity index (χ0) is 16.8. The molecule has 5 rings (SSSR count). The summed E-state index contributed by atoms with van der Waals surface area (Å²) in [7, 11) is 0. The normalized spacial score (nSPS) is 16.1. The molecule has 2 aromatic carbocycles. The number of rotatable bonds is 2. The minimum absolute atomic E-state index is 0.494. The predicted molar refractivity (Wildman–Crippen MR) is 101 cm³/mol. The van der Waals surface area contributed by atoms with E-state index in [4.69, 9.17) is 9.97 Å². The second-order valence-corrected chi connectivity index (χ2v) is 6.98. The van der Waals surface area contributed by atoms with E-state index >= 15 is 0 Å². The molecule has 5 nitrogen and oxygen atoms in total. The van der Waals surface area contributed by atoms with E-state index < -0.39 is 0 Å². The number of fused-ring (bicyclic) bond motifs is 2. The molecule has 2 aromatic heterocycles. The molecule has 0 bridgehead atoms. The molecule has 0 unspecified atom stereocenters. The summed E-state index contributed by atoms with van der Waals surface area (Å²) in [5.41, 5.74) is 5.62. The van der Waals surface area contributed by atoms with E-state index in [1.165, 1.54) is 5.56 Å². The Kier molecular flexibility index (Phi) is 3.26. The zero-order valence-electron chi connectivity index (χ0n) is 14.3. The Hall–Kier alpha value is -2.82. The molecule has 0 spiro atoms. The van der Waals surface area contributed by atoms with Crippen molar-refractivity contribution in [2.75, 3.05) is 18.0 Å². The van der Waals surface area contributed by atoms with Crippen LogP contribution in [0.2, 0.25) is 0 Å². The average molecular weight is 331 g/mol. The molecule has 1 saturated heterocycles. The summed E-state index contributed by atoms with van der Waals surface area (Å²) >= 11 is 0. The van der Waals surface area contributed by atoms with Crippen LogP contribution in [0.4, 0.5) is 5.95 Å². The van der Waals surface area contributed by atoms with Gasteiger partial charge in [0.15, 0.2) is 0 Å². The van der Waals surface area contributed by atoms with Crippen LogP contribution in [0.5, 0.6) is 0 Å². The highest BCUT2D eigenvalue weighted by atomic mass is 15.3. The topological polar surface area (TPSA) is 60.6 Å². The number of H-pyrrole nitrogens is 2. The van der Waals surface area contributed by atoms with Crippen LogP contribution in [0, 0.1) is 6.92 Å². The summed E-state index contributed by atoms with van der Waals surface area (Å²) in [5.74, 6) is 2.61. The van der Waals surface area contributed by atoms with E-state index in [0.717, 1.165) is 59.8 Å². The molecule has 0 amide bonds. The molecular weight excluding hydrogens is 310 g/mol. The molecule has 0 aliphatic carbocycles. The predicted octanol–water partition coefficient (Wildman–Crippen LogP) is 4.13. The molecule has 4 aromatic rings. The fourth-order valence-electron chi connectivity index (χ4n) is 3.79. The Balaban J connectivity index is 1.34. The maximum absolute atomic E-state index is 4.81. The van der Waals surface area contributed by atoms with Crippen molar-refractivity contribution in [2.45, 2.75) is 25.7 Å². The zero-order valence-corrected chi connectivity index (χ0v) is 14.3. The number of aromatic nitrogens is 4. The molecule has 0 saturated carbocycles. The first-order valence-electron chi connectivity index (χ1n) is 8.92. The summed E-state index contributed by atoms with van der Waals surface area (Å²) < 4.78 is 0. The molecule has 126 valence electrons. The third-order valence-corrected chi connectivity index (χ3v) is 5.21.